The van der Waals surface area contributed by atoms with Crippen molar-refractivity contribution in [2.45, 2.75) is 6.42 Å². The third kappa shape index (κ3) is 3.09. The predicted molar refractivity (Wildman–Crippen MR) is 71.4 cm³/mol. The Balaban J connectivity index is 1.91. The monoisotopic (exact) mass is 247 g/mol. The average molecular weight is 247 g/mol. The summed E-state index contributed by atoms with van der Waals surface area (Å²) < 4.78 is 1.79. The van der Waals surface area contributed by atoms with Crippen molar-refractivity contribution in [1.29, 1.82) is 0 Å². The highest BCUT2D eigenvalue weighted by molar-refractivity contribution is 5.50. The molecule has 0 aliphatic rings. The van der Waals surface area contributed by atoms with E-state index in [1.165, 1.54) is 5.56 Å². The summed E-state index contributed by atoms with van der Waals surface area (Å²) in [5, 5.41) is 10.3. The molecule has 2 aromatic heterocycles. The molecule has 4 N–H and O–H groups in total. The summed E-state index contributed by atoms with van der Waals surface area (Å²) in [6.07, 6.45) is 4.73. The van der Waals surface area contributed by atoms with Crippen LogP contribution < -0.4 is 16.4 Å². The van der Waals surface area contributed by atoms with Crippen LogP contribution in [-0.2, 0) is 13.5 Å². The van der Waals surface area contributed by atoms with Crippen LogP contribution in [0.25, 0.3) is 0 Å². The van der Waals surface area contributed by atoms with Gasteiger partial charge in [0.05, 0.1) is 6.20 Å². The number of hydrogen-bond donors (Lipinski definition) is 3. The van der Waals surface area contributed by atoms with Gasteiger partial charge >= 0.3 is 0 Å². The first-order valence-corrected chi connectivity index (χ1v) is 5.71. The van der Waals surface area contributed by atoms with Gasteiger partial charge in [0.15, 0.2) is 0 Å². The van der Waals surface area contributed by atoms with Gasteiger partial charge in [-0.25, -0.2) is 0 Å². The van der Waals surface area contributed by atoms with Gasteiger partial charge in [0.25, 0.3) is 0 Å². The Kier molecular flexibility index (Phi) is 3.61. The Morgan fingerprint density at radius 2 is 2.11 bits per heavy atom. The minimum Gasteiger partial charge on any atom is -0.373 e. The van der Waals surface area contributed by atoms with Crippen LogP contribution >= 0.6 is 0 Å². The smallest absolute Gasteiger partial charge is 0.223 e. The van der Waals surface area contributed by atoms with Crippen LogP contribution in [0.1, 0.15) is 5.56 Å². The lowest BCUT2D eigenvalue weighted by Gasteiger charge is -2.07. The molecule has 2 aromatic rings. The molecular formula is C11H17N7. The summed E-state index contributed by atoms with van der Waals surface area (Å²) in [6.45, 7) is 0.769. The topological polar surface area (TPSA) is 93.7 Å². The number of nitrogens with one attached hydrogen (secondary N) is 2. The summed E-state index contributed by atoms with van der Waals surface area (Å²) in [6, 6.07) is 1.82. The van der Waals surface area contributed by atoms with Gasteiger partial charge in [0, 0.05) is 32.9 Å². The summed E-state index contributed by atoms with van der Waals surface area (Å²) in [4.78, 5) is 8.14. The molecule has 0 amide bonds. The van der Waals surface area contributed by atoms with E-state index in [2.05, 4.69) is 25.7 Å². The first-order chi connectivity index (χ1) is 8.67. The van der Waals surface area contributed by atoms with Crippen LogP contribution in [0.4, 0.5) is 17.6 Å². The van der Waals surface area contributed by atoms with Gasteiger partial charge in [0.2, 0.25) is 5.95 Å². The largest absolute Gasteiger partial charge is 0.373 e. The van der Waals surface area contributed by atoms with Crippen LogP contribution in [0.3, 0.4) is 0 Å². The molecule has 0 aliphatic heterocycles. The first-order valence-electron chi connectivity index (χ1n) is 5.71. The van der Waals surface area contributed by atoms with Gasteiger partial charge in [-0.15, -0.1) is 0 Å². The van der Waals surface area contributed by atoms with E-state index in [9.17, 15) is 0 Å². The third-order valence-electron chi connectivity index (χ3n) is 2.48. The third-order valence-corrected chi connectivity index (χ3v) is 2.48. The van der Waals surface area contributed by atoms with E-state index in [4.69, 9.17) is 5.73 Å². The number of nitrogens with zero attached hydrogens (tertiary/aromatic N) is 4. The SMILES string of the molecule is CNc1cc(NCCc2cnn(C)c2)nc(N)n1. The second-order valence-electron chi connectivity index (χ2n) is 3.95. The van der Waals surface area contributed by atoms with Gasteiger partial charge < -0.3 is 16.4 Å². The summed E-state index contributed by atoms with van der Waals surface area (Å²) in [7, 11) is 3.70. The molecule has 0 unspecified atom stereocenters. The summed E-state index contributed by atoms with van der Waals surface area (Å²) in [5.74, 6) is 1.67. The zero-order valence-electron chi connectivity index (χ0n) is 10.5. The van der Waals surface area contributed by atoms with Crippen molar-refractivity contribution in [2.75, 3.05) is 30.0 Å². The number of aryl methyl sites for hydroxylation is 1. The second-order valence-corrected chi connectivity index (χ2v) is 3.95. The Morgan fingerprint density at radius 3 is 2.78 bits per heavy atom. The second kappa shape index (κ2) is 5.35. The van der Waals surface area contributed by atoms with Gasteiger partial charge in [-0.1, -0.05) is 0 Å². The van der Waals surface area contributed by atoms with Crippen molar-refractivity contribution in [3.63, 3.8) is 0 Å². The number of anilines is 3. The molecule has 2 heterocycles. The molecule has 0 saturated carbocycles. The molecule has 0 spiro atoms. The van der Waals surface area contributed by atoms with E-state index in [0.29, 0.717) is 5.82 Å². The lowest BCUT2D eigenvalue weighted by molar-refractivity contribution is 0.767. The molecule has 7 heteroatoms. The zero-order chi connectivity index (χ0) is 13.0. The Hall–Kier alpha value is -2.31. The van der Waals surface area contributed by atoms with Crippen molar-refractivity contribution in [2.24, 2.45) is 7.05 Å². The van der Waals surface area contributed by atoms with Crippen molar-refractivity contribution >= 4 is 17.6 Å². The van der Waals surface area contributed by atoms with Crippen LogP contribution in [0.5, 0.6) is 0 Å². The number of rotatable bonds is 5. The molecule has 0 aromatic carbocycles. The average Bonchev–Trinajstić information content (AvgIpc) is 2.74. The molecule has 0 radical (unpaired) electrons. The van der Waals surface area contributed by atoms with Crippen LogP contribution in [0.15, 0.2) is 18.5 Å². The van der Waals surface area contributed by atoms with E-state index >= 15 is 0 Å². The summed E-state index contributed by atoms with van der Waals surface area (Å²) >= 11 is 0. The minimum atomic E-state index is 0.255. The summed E-state index contributed by atoms with van der Waals surface area (Å²) in [5.41, 5.74) is 6.79. The predicted octanol–water partition coefficient (Wildman–Crippen LogP) is 0.489. The van der Waals surface area contributed by atoms with Crippen LogP contribution in [0, 0.1) is 0 Å². The van der Waals surface area contributed by atoms with Crippen LogP contribution in [-0.4, -0.2) is 33.3 Å². The fourth-order valence-corrected chi connectivity index (χ4v) is 1.62. The highest BCUT2D eigenvalue weighted by Gasteiger charge is 2.01. The van der Waals surface area contributed by atoms with E-state index in [1.807, 2.05) is 25.5 Å². The van der Waals surface area contributed by atoms with E-state index in [-0.39, 0.29) is 5.95 Å². The van der Waals surface area contributed by atoms with E-state index < -0.39 is 0 Å². The lowest BCUT2D eigenvalue weighted by atomic mass is 10.2. The van der Waals surface area contributed by atoms with E-state index in [0.717, 1.165) is 18.8 Å². The first kappa shape index (κ1) is 12.2. The van der Waals surface area contributed by atoms with Crippen LogP contribution in [0.2, 0.25) is 0 Å². The molecule has 96 valence electrons. The maximum absolute atomic E-state index is 5.61. The maximum atomic E-state index is 5.61. The van der Waals surface area contributed by atoms with Crippen molar-refractivity contribution in [1.82, 2.24) is 19.7 Å². The fourth-order valence-electron chi connectivity index (χ4n) is 1.62. The fraction of sp³-hybridized carbons (Fsp3) is 0.364. The number of nitrogen functional groups attached to an aromatic ring is 1. The highest BCUT2D eigenvalue weighted by atomic mass is 15.2. The lowest BCUT2D eigenvalue weighted by Crippen LogP contribution is -2.09. The molecule has 2 rings (SSSR count). The quantitative estimate of drug-likeness (QED) is 0.712. The zero-order valence-corrected chi connectivity index (χ0v) is 10.5. The Bertz CT molecular complexity index is 520. The highest BCUT2D eigenvalue weighted by Crippen LogP contribution is 2.11. The molecular weight excluding hydrogens is 230 g/mol. The minimum absolute atomic E-state index is 0.255. The number of aromatic nitrogens is 4. The van der Waals surface area contributed by atoms with Crippen molar-refractivity contribution in [3.05, 3.63) is 24.0 Å². The molecule has 0 fully saturated rings. The number of hydrogen-bond acceptors (Lipinski definition) is 6. The van der Waals surface area contributed by atoms with Gasteiger partial charge in [-0.3, -0.25) is 4.68 Å². The number of nitrogens with two attached hydrogens (primary N) is 1. The van der Waals surface area contributed by atoms with Gasteiger partial charge in [-0.05, 0) is 12.0 Å². The van der Waals surface area contributed by atoms with Crippen molar-refractivity contribution in [3.8, 4) is 0 Å². The normalized spacial score (nSPS) is 10.3. The molecule has 0 saturated heterocycles. The Morgan fingerprint density at radius 1 is 1.33 bits per heavy atom. The maximum Gasteiger partial charge on any atom is 0.223 e. The van der Waals surface area contributed by atoms with Gasteiger partial charge in [0.1, 0.15) is 11.6 Å². The standard InChI is InChI=1S/C11H17N7/c1-13-9-5-10(17-11(12)16-9)14-4-3-8-6-15-18(2)7-8/h5-7H,3-4H2,1-2H3,(H4,12,13,14,16,17). The van der Waals surface area contributed by atoms with Gasteiger partial charge in [-0.2, -0.15) is 15.1 Å². The van der Waals surface area contributed by atoms with E-state index in [1.54, 1.807) is 11.7 Å². The molecule has 0 atom stereocenters. The molecule has 18 heavy (non-hydrogen) atoms. The molecule has 0 bridgehead atoms. The Labute approximate surface area is 105 Å². The molecule has 0 aliphatic carbocycles. The van der Waals surface area contributed by atoms with Crippen molar-refractivity contribution < 1.29 is 0 Å². The molecule has 7 nitrogen and oxygen atoms in total.